The van der Waals surface area contributed by atoms with Crippen molar-refractivity contribution in [3.8, 4) is 0 Å². The molecule has 0 bridgehead atoms. The Balaban J connectivity index is 1.88. The second kappa shape index (κ2) is 6.43. The summed E-state index contributed by atoms with van der Waals surface area (Å²) in [6, 6.07) is 7.69. The number of aromatic nitrogens is 2. The van der Waals surface area contributed by atoms with Crippen molar-refractivity contribution < 1.29 is 0 Å². The molecule has 1 aromatic carbocycles. The number of nitrogens with zero attached hydrogens (tertiary/aromatic N) is 1. The predicted octanol–water partition coefficient (Wildman–Crippen LogP) is 3.69. The molecule has 0 fully saturated rings. The van der Waals surface area contributed by atoms with Gasteiger partial charge in [-0.05, 0) is 18.6 Å². The summed E-state index contributed by atoms with van der Waals surface area (Å²) in [7, 11) is 0. The maximum absolute atomic E-state index is 12.0. The minimum absolute atomic E-state index is 0.110. The molecule has 0 spiro atoms. The molecule has 2 rings (SSSR count). The van der Waals surface area contributed by atoms with Crippen molar-refractivity contribution >= 4 is 10.9 Å². The fourth-order valence-corrected chi connectivity index (χ4v) is 2.32. The Kier molecular flexibility index (Phi) is 4.62. The highest BCUT2D eigenvalue weighted by molar-refractivity contribution is 5.77. The highest BCUT2D eigenvalue weighted by atomic mass is 16.1. The fraction of sp³-hybridized carbons (Fsp3) is 0.533. The van der Waals surface area contributed by atoms with Crippen molar-refractivity contribution in [2.45, 2.75) is 52.0 Å². The molecule has 0 amide bonds. The van der Waals surface area contributed by atoms with E-state index in [4.69, 9.17) is 0 Å². The third-order valence-corrected chi connectivity index (χ3v) is 3.39. The highest BCUT2D eigenvalue weighted by Crippen LogP contribution is 2.08. The maximum atomic E-state index is 12.0. The number of nitrogens with one attached hydrogen (secondary N) is 1. The van der Waals surface area contributed by atoms with Crippen molar-refractivity contribution in [3.05, 3.63) is 34.6 Å². The van der Waals surface area contributed by atoms with Crippen LogP contribution < -0.4 is 5.56 Å². The highest BCUT2D eigenvalue weighted by Gasteiger charge is 2.04. The summed E-state index contributed by atoms with van der Waals surface area (Å²) >= 11 is 0. The Labute approximate surface area is 108 Å². The lowest BCUT2D eigenvalue weighted by molar-refractivity contribution is 0.521. The molecule has 0 aliphatic rings. The van der Waals surface area contributed by atoms with E-state index in [9.17, 15) is 4.79 Å². The summed E-state index contributed by atoms with van der Waals surface area (Å²) in [5, 5.41) is 3.96. The molecule has 0 saturated heterocycles. The molecule has 0 saturated carbocycles. The smallest absolute Gasteiger partial charge is 0.274 e. The van der Waals surface area contributed by atoms with Gasteiger partial charge in [0.15, 0.2) is 0 Å². The van der Waals surface area contributed by atoms with E-state index in [2.05, 4.69) is 12.0 Å². The number of H-pyrrole nitrogens is 1. The van der Waals surface area contributed by atoms with Crippen LogP contribution in [0.4, 0.5) is 0 Å². The average molecular weight is 246 g/mol. The molecule has 3 heteroatoms. The number of unbranched alkanes of at least 4 members (excludes halogenated alkanes) is 5. The van der Waals surface area contributed by atoms with Crippen LogP contribution in [-0.2, 0) is 6.54 Å². The van der Waals surface area contributed by atoms with E-state index >= 15 is 0 Å². The Morgan fingerprint density at radius 2 is 1.78 bits per heavy atom. The fourth-order valence-electron chi connectivity index (χ4n) is 2.32. The van der Waals surface area contributed by atoms with Crippen LogP contribution in [-0.4, -0.2) is 9.78 Å². The molecule has 98 valence electrons. The van der Waals surface area contributed by atoms with E-state index in [1.807, 2.05) is 24.3 Å². The summed E-state index contributed by atoms with van der Waals surface area (Å²) in [5.74, 6) is 0. The van der Waals surface area contributed by atoms with Crippen LogP contribution in [0.3, 0.4) is 0 Å². The Hall–Kier alpha value is -1.51. The van der Waals surface area contributed by atoms with E-state index < -0.39 is 0 Å². The topological polar surface area (TPSA) is 37.8 Å². The van der Waals surface area contributed by atoms with Crippen molar-refractivity contribution in [2.24, 2.45) is 0 Å². The third-order valence-electron chi connectivity index (χ3n) is 3.39. The Morgan fingerprint density at radius 3 is 2.56 bits per heavy atom. The predicted molar refractivity (Wildman–Crippen MR) is 75.9 cm³/mol. The van der Waals surface area contributed by atoms with Crippen LogP contribution in [0.2, 0.25) is 0 Å². The van der Waals surface area contributed by atoms with E-state index in [-0.39, 0.29) is 5.56 Å². The molecule has 18 heavy (non-hydrogen) atoms. The van der Waals surface area contributed by atoms with Crippen LogP contribution in [0, 0.1) is 0 Å². The number of hydrogen-bond donors (Lipinski definition) is 1. The zero-order valence-corrected chi connectivity index (χ0v) is 11.1. The molecule has 0 atom stereocenters. The number of fused-ring (bicyclic) bond motifs is 1. The van der Waals surface area contributed by atoms with E-state index in [0.29, 0.717) is 0 Å². The first kappa shape index (κ1) is 12.9. The summed E-state index contributed by atoms with van der Waals surface area (Å²) < 4.78 is 1.74. The SMILES string of the molecule is CCCCCCCCn1[nH]c2ccccc2c1=O. The minimum atomic E-state index is 0.110. The zero-order valence-electron chi connectivity index (χ0n) is 11.1. The molecule has 1 heterocycles. The van der Waals surface area contributed by atoms with Gasteiger partial charge in [-0.1, -0.05) is 51.2 Å². The lowest BCUT2D eigenvalue weighted by atomic mass is 10.1. The number of aromatic amines is 1. The molecular weight excluding hydrogens is 224 g/mol. The third kappa shape index (κ3) is 3.03. The zero-order chi connectivity index (χ0) is 12.8. The van der Waals surface area contributed by atoms with E-state index in [0.717, 1.165) is 23.9 Å². The van der Waals surface area contributed by atoms with Crippen molar-refractivity contribution in [3.63, 3.8) is 0 Å². The van der Waals surface area contributed by atoms with Crippen molar-refractivity contribution in [1.82, 2.24) is 9.78 Å². The molecule has 1 N–H and O–H groups in total. The molecule has 0 aliphatic carbocycles. The van der Waals surface area contributed by atoms with Gasteiger partial charge in [0.05, 0.1) is 10.9 Å². The molecule has 0 radical (unpaired) electrons. The second-order valence-electron chi connectivity index (χ2n) is 4.88. The van der Waals surface area contributed by atoms with Crippen molar-refractivity contribution in [1.29, 1.82) is 0 Å². The molecular formula is C15H22N2O. The first-order valence-electron chi connectivity index (χ1n) is 7.00. The van der Waals surface area contributed by atoms with Crippen LogP contribution in [0.25, 0.3) is 10.9 Å². The molecule has 0 unspecified atom stereocenters. The quantitative estimate of drug-likeness (QED) is 0.743. The lowest BCUT2D eigenvalue weighted by Gasteiger charge is -2.01. The first-order valence-corrected chi connectivity index (χ1v) is 7.00. The Morgan fingerprint density at radius 1 is 1.06 bits per heavy atom. The van der Waals surface area contributed by atoms with Crippen LogP contribution in [0.15, 0.2) is 29.1 Å². The maximum Gasteiger partial charge on any atom is 0.274 e. The van der Waals surface area contributed by atoms with Crippen molar-refractivity contribution in [2.75, 3.05) is 0 Å². The molecule has 0 aliphatic heterocycles. The largest absolute Gasteiger partial charge is 0.295 e. The minimum Gasteiger partial charge on any atom is -0.295 e. The number of benzene rings is 1. The van der Waals surface area contributed by atoms with Gasteiger partial charge in [-0.3, -0.25) is 14.6 Å². The number of rotatable bonds is 7. The van der Waals surface area contributed by atoms with Gasteiger partial charge in [0, 0.05) is 6.54 Å². The molecule has 1 aromatic heterocycles. The van der Waals surface area contributed by atoms with Gasteiger partial charge in [0.25, 0.3) is 5.56 Å². The average Bonchev–Trinajstić information content (AvgIpc) is 2.71. The van der Waals surface area contributed by atoms with E-state index in [1.165, 1.54) is 32.1 Å². The summed E-state index contributed by atoms with van der Waals surface area (Å²) in [5.41, 5.74) is 1.05. The molecule has 3 nitrogen and oxygen atoms in total. The van der Waals surface area contributed by atoms with Gasteiger partial charge in [-0.2, -0.15) is 0 Å². The standard InChI is InChI=1S/C15H22N2O/c1-2-3-4-5-6-9-12-17-15(18)13-10-7-8-11-14(13)16-17/h7-8,10-11,16H,2-6,9,12H2,1H3. The summed E-state index contributed by atoms with van der Waals surface area (Å²) in [6.45, 7) is 3.03. The number of aryl methyl sites for hydroxylation is 1. The summed E-state index contributed by atoms with van der Waals surface area (Å²) in [4.78, 5) is 12.0. The van der Waals surface area contributed by atoms with Gasteiger partial charge >= 0.3 is 0 Å². The number of hydrogen-bond acceptors (Lipinski definition) is 1. The van der Waals surface area contributed by atoms with Crippen LogP contribution >= 0.6 is 0 Å². The summed E-state index contributed by atoms with van der Waals surface area (Å²) in [6.07, 6.45) is 7.49. The Bertz CT molecular complexity index is 539. The van der Waals surface area contributed by atoms with E-state index in [1.54, 1.807) is 4.68 Å². The molecule has 2 aromatic rings. The second-order valence-corrected chi connectivity index (χ2v) is 4.88. The first-order chi connectivity index (χ1) is 8.83. The monoisotopic (exact) mass is 246 g/mol. The van der Waals surface area contributed by atoms with Gasteiger partial charge in [-0.15, -0.1) is 0 Å². The van der Waals surface area contributed by atoms with Crippen LogP contribution in [0.1, 0.15) is 45.4 Å². The normalized spacial score (nSPS) is 11.2. The number of para-hydroxylation sites is 1. The van der Waals surface area contributed by atoms with Crippen LogP contribution in [0.5, 0.6) is 0 Å². The van der Waals surface area contributed by atoms with Gasteiger partial charge in [-0.25, -0.2) is 0 Å². The lowest BCUT2D eigenvalue weighted by Crippen LogP contribution is -2.16. The van der Waals surface area contributed by atoms with Gasteiger partial charge in [0.1, 0.15) is 0 Å². The van der Waals surface area contributed by atoms with Gasteiger partial charge < -0.3 is 0 Å². The van der Waals surface area contributed by atoms with Gasteiger partial charge in [0.2, 0.25) is 0 Å².